The zero-order valence-corrected chi connectivity index (χ0v) is 16.0. The molecule has 0 aromatic heterocycles. The highest BCUT2D eigenvalue weighted by atomic mass is 16.5. The van der Waals surface area contributed by atoms with Crippen molar-refractivity contribution >= 4 is 6.03 Å². The fourth-order valence-corrected chi connectivity index (χ4v) is 3.97. The fourth-order valence-electron chi connectivity index (χ4n) is 3.97. The molecule has 6 nitrogen and oxygen atoms in total. The van der Waals surface area contributed by atoms with Gasteiger partial charge in [-0.1, -0.05) is 0 Å². The van der Waals surface area contributed by atoms with Crippen molar-refractivity contribution in [2.24, 2.45) is 5.73 Å². The summed E-state index contributed by atoms with van der Waals surface area (Å²) in [4.78, 5) is 14.6. The monoisotopic (exact) mass is 349 g/mol. The zero-order valence-electron chi connectivity index (χ0n) is 16.0. The van der Waals surface area contributed by atoms with Crippen LogP contribution in [0.4, 0.5) is 4.79 Å². The maximum atomic E-state index is 12.7. The summed E-state index contributed by atoms with van der Waals surface area (Å²) in [7, 11) is 0. The number of rotatable bonds is 5. The topological polar surface area (TPSA) is 76.8 Å². The lowest BCUT2D eigenvalue weighted by Crippen LogP contribution is -2.67. The summed E-state index contributed by atoms with van der Waals surface area (Å²) >= 11 is 0. The van der Waals surface area contributed by atoms with Gasteiger partial charge in [-0.3, -0.25) is 0 Å². The van der Waals surface area contributed by atoms with E-state index in [9.17, 15) is 4.79 Å². The number of carbonyl (C=O) groups is 1. The highest BCUT2D eigenvalue weighted by Gasteiger charge is 2.46. The van der Waals surface area contributed by atoms with Crippen molar-refractivity contribution in [2.75, 3.05) is 13.3 Å². The molecule has 1 heterocycles. The molecular formula is C19H31N3O3. The Bertz CT molecular complexity index is 566. The molecule has 1 aliphatic heterocycles. The number of likely N-dealkylation sites (tertiary alicyclic amines) is 1. The first kappa shape index (κ1) is 19.4. The summed E-state index contributed by atoms with van der Waals surface area (Å²) in [5.41, 5.74) is 5.56. The lowest BCUT2D eigenvalue weighted by atomic mass is 9.77. The maximum absolute atomic E-state index is 12.7. The Labute approximate surface area is 150 Å². The Balaban J connectivity index is 1.92. The van der Waals surface area contributed by atoms with Crippen molar-refractivity contribution in [1.29, 1.82) is 0 Å². The van der Waals surface area contributed by atoms with Gasteiger partial charge in [0.2, 0.25) is 0 Å². The molecule has 1 aromatic carbocycles. The molecule has 0 atom stereocenters. The first-order valence-corrected chi connectivity index (χ1v) is 8.85. The molecule has 0 aliphatic carbocycles. The summed E-state index contributed by atoms with van der Waals surface area (Å²) in [5.74, 6) is 1.48. The second-order valence-electron chi connectivity index (χ2n) is 7.80. The van der Waals surface area contributed by atoms with E-state index in [1.807, 2.05) is 36.1 Å². The van der Waals surface area contributed by atoms with Crippen LogP contribution < -0.4 is 20.5 Å². The van der Waals surface area contributed by atoms with Gasteiger partial charge in [0.25, 0.3) is 0 Å². The molecule has 0 bridgehead atoms. The smallest absolute Gasteiger partial charge is 0.320 e. The number of nitrogens with one attached hydrogen (secondary N) is 1. The van der Waals surface area contributed by atoms with Gasteiger partial charge in [-0.25, -0.2) is 4.79 Å². The van der Waals surface area contributed by atoms with Crippen LogP contribution in [0.25, 0.3) is 0 Å². The van der Waals surface area contributed by atoms with E-state index in [0.29, 0.717) is 12.4 Å². The molecule has 140 valence electrons. The molecule has 25 heavy (non-hydrogen) atoms. The van der Waals surface area contributed by atoms with Gasteiger partial charge in [0.15, 0.2) is 6.73 Å². The number of amides is 2. The van der Waals surface area contributed by atoms with E-state index in [1.165, 1.54) is 0 Å². The minimum Gasteiger partial charge on any atom is -0.494 e. The van der Waals surface area contributed by atoms with Gasteiger partial charge in [-0.2, -0.15) is 0 Å². The van der Waals surface area contributed by atoms with Crippen LogP contribution in [0.15, 0.2) is 24.3 Å². The van der Waals surface area contributed by atoms with E-state index in [4.69, 9.17) is 15.2 Å². The Morgan fingerprint density at radius 2 is 1.60 bits per heavy atom. The number of nitrogens with two attached hydrogens (primary N) is 1. The predicted molar refractivity (Wildman–Crippen MR) is 98.8 cm³/mol. The Morgan fingerprint density at radius 3 is 2.08 bits per heavy atom. The van der Waals surface area contributed by atoms with Crippen LogP contribution in [-0.2, 0) is 0 Å². The molecule has 1 aliphatic rings. The molecule has 0 radical (unpaired) electrons. The van der Waals surface area contributed by atoms with Crippen molar-refractivity contribution in [3.05, 3.63) is 24.3 Å². The van der Waals surface area contributed by atoms with Crippen LogP contribution in [0.5, 0.6) is 11.5 Å². The zero-order chi connectivity index (χ0) is 18.7. The Kier molecular flexibility index (Phi) is 5.83. The molecule has 0 unspecified atom stereocenters. The average Bonchev–Trinajstić information content (AvgIpc) is 2.46. The average molecular weight is 349 g/mol. The molecule has 1 fully saturated rings. The summed E-state index contributed by atoms with van der Waals surface area (Å²) < 4.78 is 11.0. The van der Waals surface area contributed by atoms with Gasteiger partial charge in [0.1, 0.15) is 11.5 Å². The Morgan fingerprint density at radius 1 is 1.12 bits per heavy atom. The van der Waals surface area contributed by atoms with Gasteiger partial charge in [0.05, 0.1) is 6.61 Å². The van der Waals surface area contributed by atoms with Crippen LogP contribution >= 0.6 is 0 Å². The first-order chi connectivity index (χ1) is 11.7. The normalized spacial score (nSPS) is 19.4. The standard InChI is InChI=1S/C19H31N3O3/c1-6-24-15-7-9-16(10-8-15)25-13-21-17(23)22-18(2,3)11-14(20)12-19(22,4)5/h7-10,14H,6,11-13,20H2,1-5H3,(H,21,23). The first-order valence-electron chi connectivity index (χ1n) is 8.85. The predicted octanol–water partition coefficient (Wildman–Crippen LogP) is 3.11. The van der Waals surface area contributed by atoms with Gasteiger partial charge >= 0.3 is 6.03 Å². The minimum atomic E-state index is -0.301. The molecule has 2 rings (SSSR count). The van der Waals surface area contributed by atoms with Crippen molar-refractivity contribution in [3.8, 4) is 11.5 Å². The number of urea groups is 1. The second kappa shape index (κ2) is 7.52. The minimum absolute atomic E-state index is 0.106. The summed E-state index contributed by atoms with van der Waals surface area (Å²) in [6.07, 6.45) is 1.56. The molecule has 0 spiro atoms. The van der Waals surface area contributed by atoms with Gasteiger partial charge in [-0.15, -0.1) is 0 Å². The van der Waals surface area contributed by atoms with Crippen LogP contribution in [0.1, 0.15) is 47.5 Å². The van der Waals surface area contributed by atoms with Gasteiger partial charge in [-0.05, 0) is 71.7 Å². The molecule has 1 aromatic rings. The highest BCUT2D eigenvalue weighted by Crippen LogP contribution is 2.37. The molecule has 0 saturated carbocycles. The Hall–Kier alpha value is -1.95. The van der Waals surface area contributed by atoms with Crippen LogP contribution in [0, 0.1) is 0 Å². The van der Waals surface area contributed by atoms with Crippen LogP contribution in [-0.4, -0.2) is 41.4 Å². The van der Waals surface area contributed by atoms with Gasteiger partial charge < -0.3 is 25.4 Å². The fraction of sp³-hybridized carbons (Fsp3) is 0.632. The highest BCUT2D eigenvalue weighted by molar-refractivity contribution is 5.76. The third kappa shape index (κ3) is 4.78. The number of hydrogen-bond acceptors (Lipinski definition) is 4. The van der Waals surface area contributed by atoms with Crippen molar-refractivity contribution in [2.45, 2.75) is 64.6 Å². The number of nitrogens with zero attached hydrogens (tertiary/aromatic N) is 1. The van der Waals surface area contributed by atoms with E-state index < -0.39 is 0 Å². The lowest BCUT2D eigenvalue weighted by molar-refractivity contribution is 0.00144. The van der Waals surface area contributed by atoms with Gasteiger partial charge in [0, 0.05) is 17.1 Å². The van der Waals surface area contributed by atoms with E-state index >= 15 is 0 Å². The molecule has 2 amide bonds. The number of hydrogen-bond donors (Lipinski definition) is 2. The summed E-state index contributed by atoms with van der Waals surface area (Å²) in [5, 5.41) is 2.86. The maximum Gasteiger partial charge on any atom is 0.320 e. The lowest BCUT2D eigenvalue weighted by Gasteiger charge is -2.54. The molecular weight excluding hydrogens is 318 g/mol. The van der Waals surface area contributed by atoms with E-state index in [-0.39, 0.29) is 29.9 Å². The van der Waals surface area contributed by atoms with Crippen LogP contribution in [0.3, 0.4) is 0 Å². The third-order valence-electron chi connectivity index (χ3n) is 4.53. The van der Waals surface area contributed by atoms with Crippen molar-refractivity contribution < 1.29 is 14.3 Å². The van der Waals surface area contributed by atoms with Crippen molar-refractivity contribution in [1.82, 2.24) is 10.2 Å². The molecule has 1 saturated heterocycles. The number of ether oxygens (including phenoxy) is 2. The number of benzene rings is 1. The number of piperidine rings is 1. The molecule has 3 N–H and O–H groups in total. The van der Waals surface area contributed by atoms with E-state index in [2.05, 4.69) is 33.0 Å². The third-order valence-corrected chi connectivity index (χ3v) is 4.53. The largest absolute Gasteiger partial charge is 0.494 e. The quantitative estimate of drug-likeness (QED) is 0.801. The van der Waals surface area contributed by atoms with Crippen LogP contribution in [0.2, 0.25) is 0 Å². The number of carbonyl (C=O) groups excluding carboxylic acids is 1. The van der Waals surface area contributed by atoms with E-state index in [1.54, 1.807) is 0 Å². The van der Waals surface area contributed by atoms with Crippen molar-refractivity contribution in [3.63, 3.8) is 0 Å². The molecule has 6 heteroatoms. The SMILES string of the molecule is CCOc1ccc(OCNC(=O)N2C(C)(C)CC(N)CC2(C)C)cc1. The summed E-state index contributed by atoms with van der Waals surface area (Å²) in [6.45, 7) is 10.9. The summed E-state index contributed by atoms with van der Waals surface area (Å²) in [6, 6.07) is 7.32. The van der Waals surface area contributed by atoms with E-state index in [0.717, 1.165) is 18.6 Å². The second-order valence-corrected chi connectivity index (χ2v) is 7.80.